The minimum Gasteiger partial charge on any atom is -0.256 e. The van der Waals surface area contributed by atoms with Gasteiger partial charge in [0.15, 0.2) is 5.82 Å². The van der Waals surface area contributed by atoms with Crippen LogP contribution in [-0.4, -0.2) is 15.0 Å². The van der Waals surface area contributed by atoms with Crippen LogP contribution in [0, 0.1) is 0 Å². The molecule has 56 heavy (non-hydrogen) atoms. The number of aromatic nitrogens is 3. The van der Waals surface area contributed by atoms with E-state index in [9.17, 15) is 0 Å². The van der Waals surface area contributed by atoms with E-state index in [1.807, 2.05) is 53.1 Å². The fourth-order valence-electron chi connectivity index (χ4n) is 7.93. The van der Waals surface area contributed by atoms with E-state index in [2.05, 4.69) is 158 Å². The number of thiophene rings is 2. The van der Waals surface area contributed by atoms with E-state index in [0.29, 0.717) is 5.82 Å². The molecule has 0 radical (unpaired) electrons. The first kappa shape index (κ1) is 32.6. The lowest BCUT2D eigenvalue weighted by Crippen LogP contribution is -1.98. The number of pyridine rings is 1. The molecule has 0 fully saturated rings. The first-order valence-electron chi connectivity index (χ1n) is 18.7. The summed E-state index contributed by atoms with van der Waals surface area (Å²) in [6.07, 6.45) is 1.83. The third-order valence-corrected chi connectivity index (χ3v) is 13.0. The van der Waals surface area contributed by atoms with E-state index in [0.717, 1.165) is 50.5 Å². The van der Waals surface area contributed by atoms with Crippen molar-refractivity contribution in [2.45, 2.75) is 0 Å². The molecule has 0 N–H and O–H groups in total. The van der Waals surface area contributed by atoms with Crippen LogP contribution in [0.1, 0.15) is 0 Å². The van der Waals surface area contributed by atoms with Crippen LogP contribution in [-0.2, 0) is 0 Å². The summed E-state index contributed by atoms with van der Waals surface area (Å²) in [5.41, 5.74) is 11.4. The lowest BCUT2D eigenvalue weighted by Gasteiger charge is -2.15. The smallest absolute Gasteiger partial charge is 0.161 e. The molecular formula is C51H31N3S2. The molecule has 0 aliphatic heterocycles. The quantitative estimate of drug-likeness (QED) is 0.170. The first-order valence-corrected chi connectivity index (χ1v) is 20.3. The van der Waals surface area contributed by atoms with Crippen molar-refractivity contribution < 1.29 is 0 Å². The van der Waals surface area contributed by atoms with Crippen molar-refractivity contribution in [2.75, 3.05) is 0 Å². The fraction of sp³-hybridized carbons (Fsp3) is 0. The molecule has 11 aromatic rings. The van der Waals surface area contributed by atoms with Gasteiger partial charge in [-0.1, -0.05) is 133 Å². The molecule has 5 heteroatoms. The fourth-order valence-corrected chi connectivity index (χ4v) is 10.4. The Kier molecular flexibility index (Phi) is 7.87. The summed E-state index contributed by atoms with van der Waals surface area (Å²) in [6, 6.07) is 64.8. The molecule has 0 bridgehead atoms. The summed E-state index contributed by atoms with van der Waals surface area (Å²) < 4.78 is 5.16. The molecule has 0 amide bonds. The zero-order valence-corrected chi connectivity index (χ0v) is 31.7. The Bertz CT molecular complexity index is 3120. The van der Waals surface area contributed by atoms with E-state index >= 15 is 0 Å². The van der Waals surface area contributed by atoms with Crippen LogP contribution in [0.5, 0.6) is 0 Å². The number of rotatable bonds is 6. The highest BCUT2D eigenvalue weighted by Crippen LogP contribution is 2.45. The molecule has 7 aromatic carbocycles. The van der Waals surface area contributed by atoms with Gasteiger partial charge >= 0.3 is 0 Å². The molecule has 4 heterocycles. The van der Waals surface area contributed by atoms with Gasteiger partial charge in [-0.25, -0.2) is 9.97 Å². The Hall–Kier alpha value is -6.79. The van der Waals surface area contributed by atoms with Crippen LogP contribution in [0.2, 0.25) is 0 Å². The Balaban J connectivity index is 1.19. The first-order chi connectivity index (χ1) is 27.7. The normalized spacial score (nSPS) is 11.6. The summed E-state index contributed by atoms with van der Waals surface area (Å²) >= 11 is 3.72. The molecule has 0 aliphatic rings. The van der Waals surface area contributed by atoms with Gasteiger partial charge in [0.25, 0.3) is 0 Å². The zero-order valence-electron chi connectivity index (χ0n) is 30.1. The average molecular weight is 750 g/mol. The molecule has 11 rings (SSSR count). The van der Waals surface area contributed by atoms with Crippen molar-refractivity contribution in [1.29, 1.82) is 0 Å². The standard InChI is InChI=1S/C51H31N3S2/c1-2-14-32(15-3-1)45-31-46(54-51(53-45)43-19-5-4-16-38(43)44-24-10-11-27-52-44)35-29-33(36-20-12-22-41-39-17-6-8-25-47(39)55-49(36)41)28-34(30-35)37-21-13-23-42-40-18-7-9-26-48(40)56-50(37)42/h1-31H. The minimum atomic E-state index is 0.660. The van der Waals surface area contributed by atoms with Crippen LogP contribution in [0.25, 0.3) is 108 Å². The molecule has 0 aliphatic carbocycles. The van der Waals surface area contributed by atoms with E-state index in [1.165, 1.54) is 51.5 Å². The zero-order chi connectivity index (χ0) is 37.0. The van der Waals surface area contributed by atoms with Crippen molar-refractivity contribution in [3.8, 4) is 67.4 Å². The monoisotopic (exact) mass is 749 g/mol. The Morgan fingerprint density at radius 3 is 1.45 bits per heavy atom. The Morgan fingerprint density at radius 1 is 0.321 bits per heavy atom. The Morgan fingerprint density at radius 2 is 0.821 bits per heavy atom. The highest BCUT2D eigenvalue weighted by molar-refractivity contribution is 7.26. The van der Waals surface area contributed by atoms with Gasteiger partial charge in [-0.05, 0) is 70.8 Å². The summed E-state index contributed by atoms with van der Waals surface area (Å²) in [5.74, 6) is 0.660. The van der Waals surface area contributed by atoms with Gasteiger partial charge in [-0.3, -0.25) is 4.98 Å². The lowest BCUT2D eigenvalue weighted by atomic mass is 9.93. The molecule has 0 atom stereocenters. The predicted molar refractivity (Wildman–Crippen MR) is 238 cm³/mol. The van der Waals surface area contributed by atoms with Crippen LogP contribution < -0.4 is 0 Å². The topological polar surface area (TPSA) is 38.7 Å². The molecule has 0 saturated carbocycles. The highest BCUT2D eigenvalue weighted by Gasteiger charge is 2.19. The average Bonchev–Trinajstić information content (AvgIpc) is 3.85. The summed E-state index contributed by atoms with van der Waals surface area (Å²) in [5, 5.41) is 5.15. The maximum atomic E-state index is 5.42. The van der Waals surface area contributed by atoms with Crippen molar-refractivity contribution in [3.63, 3.8) is 0 Å². The van der Waals surface area contributed by atoms with Crippen molar-refractivity contribution in [2.24, 2.45) is 0 Å². The van der Waals surface area contributed by atoms with Gasteiger partial charge in [-0.2, -0.15) is 0 Å². The van der Waals surface area contributed by atoms with Gasteiger partial charge in [0.1, 0.15) is 0 Å². The van der Waals surface area contributed by atoms with Gasteiger partial charge in [-0.15, -0.1) is 22.7 Å². The molecule has 3 nitrogen and oxygen atoms in total. The molecular weight excluding hydrogens is 719 g/mol. The van der Waals surface area contributed by atoms with Gasteiger partial charge in [0, 0.05) is 68.8 Å². The number of nitrogens with zero attached hydrogens (tertiary/aromatic N) is 3. The second-order valence-electron chi connectivity index (χ2n) is 13.9. The van der Waals surface area contributed by atoms with E-state index < -0.39 is 0 Å². The van der Waals surface area contributed by atoms with Crippen LogP contribution in [0.15, 0.2) is 188 Å². The highest BCUT2D eigenvalue weighted by atomic mass is 32.1. The van der Waals surface area contributed by atoms with Crippen LogP contribution >= 0.6 is 22.7 Å². The molecule has 0 saturated heterocycles. The molecule has 0 spiro atoms. The second kappa shape index (κ2) is 13.5. The second-order valence-corrected chi connectivity index (χ2v) is 16.1. The van der Waals surface area contributed by atoms with E-state index in [4.69, 9.17) is 15.0 Å². The molecule has 262 valence electrons. The van der Waals surface area contributed by atoms with Gasteiger partial charge in [0.2, 0.25) is 0 Å². The largest absolute Gasteiger partial charge is 0.256 e. The summed E-state index contributed by atoms with van der Waals surface area (Å²) in [6.45, 7) is 0. The SMILES string of the molecule is c1ccc(-c2cc(-c3cc(-c4cccc5c4sc4ccccc45)cc(-c4cccc5c4sc4ccccc45)c3)nc(-c3ccccc3-c3ccccn3)n2)cc1. The van der Waals surface area contributed by atoms with Gasteiger partial charge in [0.05, 0.1) is 17.1 Å². The lowest BCUT2D eigenvalue weighted by molar-refractivity contribution is 1.18. The number of hydrogen-bond donors (Lipinski definition) is 0. The Labute approximate surface area is 331 Å². The summed E-state index contributed by atoms with van der Waals surface area (Å²) in [4.78, 5) is 15.4. The predicted octanol–water partition coefficient (Wildman–Crippen LogP) is 14.6. The van der Waals surface area contributed by atoms with Crippen molar-refractivity contribution in [1.82, 2.24) is 15.0 Å². The van der Waals surface area contributed by atoms with Crippen molar-refractivity contribution >= 4 is 63.0 Å². The van der Waals surface area contributed by atoms with Crippen LogP contribution in [0.3, 0.4) is 0 Å². The van der Waals surface area contributed by atoms with E-state index in [-0.39, 0.29) is 0 Å². The minimum absolute atomic E-state index is 0.660. The molecule has 0 unspecified atom stereocenters. The maximum absolute atomic E-state index is 5.42. The maximum Gasteiger partial charge on any atom is 0.161 e. The number of hydrogen-bond acceptors (Lipinski definition) is 5. The number of fused-ring (bicyclic) bond motifs is 6. The molecule has 4 aromatic heterocycles. The number of benzene rings is 7. The van der Waals surface area contributed by atoms with E-state index in [1.54, 1.807) is 0 Å². The van der Waals surface area contributed by atoms with Crippen LogP contribution in [0.4, 0.5) is 0 Å². The third-order valence-electron chi connectivity index (χ3n) is 10.6. The van der Waals surface area contributed by atoms with Gasteiger partial charge < -0.3 is 0 Å². The summed E-state index contributed by atoms with van der Waals surface area (Å²) in [7, 11) is 0. The van der Waals surface area contributed by atoms with Crippen molar-refractivity contribution in [3.05, 3.63) is 188 Å². The third kappa shape index (κ3) is 5.60.